The first-order valence-corrected chi connectivity index (χ1v) is 11.1. The van der Waals surface area contributed by atoms with Crippen molar-refractivity contribution in [1.82, 2.24) is 0 Å². The van der Waals surface area contributed by atoms with Gasteiger partial charge in [-0.15, -0.1) is 0 Å². The second-order valence-electron chi connectivity index (χ2n) is 8.22. The maximum Gasteiger partial charge on any atom is 0.330 e. The van der Waals surface area contributed by atoms with Gasteiger partial charge in [0.05, 0.1) is 0 Å². The minimum Gasteiger partial charge on any atom is -0.490 e. The van der Waals surface area contributed by atoms with Gasteiger partial charge in [0.2, 0.25) is 0 Å². The molecule has 0 aliphatic heterocycles. The Morgan fingerprint density at radius 1 is 0.771 bits per heavy atom. The Hall–Kier alpha value is -3.62. The number of aliphatic hydroxyl groups is 2. The van der Waals surface area contributed by atoms with Crippen molar-refractivity contribution in [2.24, 2.45) is 0 Å². The highest BCUT2D eigenvalue weighted by Crippen LogP contribution is 2.41. The molecule has 0 aliphatic carbocycles. The average molecular weight is 485 g/mol. The standard InChI is InChI=1S/C27H32O8/c1-5-25(30)34-17-19(28)15-32-23-13-9-7-11-21(23)27(3,4)22-12-8-10-14-24(22)33-16-20(29)18-35-26(31)6-2/h5-14,19-20,28-29H,1-2,15-18H2,3-4H3. The molecule has 8 heteroatoms. The van der Waals surface area contributed by atoms with Gasteiger partial charge in [0.15, 0.2) is 0 Å². The van der Waals surface area contributed by atoms with Gasteiger partial charge in [0, 0.05) is 28.7 Å². The van der Waals surface area contributed by atoms with Gasteiger partial charge in [-0.2, -0.15) is 0 Å². The molecule has 188 valence electrons. The van der Waals surface area contributed by atoms with Crippen molar-refractivity contribution in [3.05, 3.63) is 85.0 Å². The molecule has 2 atom stereocenters. The van der Waals surface area contributed by atoms with Crippen LogP contribution in [-0.2, 0) is 24.5 Å². The first-order valence-electron chi connectivity index (χ1n) is 11.1. The van der Waals surface area contributed by atoms with Gasteiger partial charge in [-0.05, 0) is 12.1 Å². The first-order chi connectivity index (χ1) is 16.7. The molecule has 2 aromatic rings. The number of aliphatic hydroxyl groups excluding tert-OH is 2. The summed E-state index contributed by atoms with van der Waals surface area (Å²) >= 11 is 0. The van der Waals surface area contributed by atoms with Crippen LogP contribution in [0.3, 0.4) is 0 Å². The molecule has 0 heterocycles. The van der Waals surface area contributed by atoms with Crippen molar-refractivity contribution in [2.45, 2.75) is 31.5 Å². The van der Waals surface area contributed by atoms with E-state index in [1.807, 2.05) is 50.2 Å². The highest BCUT2D eigenvalue weighted by molar-refractivity contribution is 5.81. The smallest absolute Gasteiger partial charge is 0.330 e. The van der Waals surface area contributed by atoms with Gasteiger partial charge in [0.25, 0.3) is 0 Å². The van der Waals surface area contributed by atoms with Gasteiger partial charge < -0.3 is 29.2 Å². The summed E-state index contributed by atoms with van der Waals surface area (Å²) < 4.78 is 21.4. The van der Waals surface area contributed by atoms with Crippen molar-refractivity contribution < 1.29 is 38.7 Å². The number of benzene rings is 2. The number of esters is 2. The van der Waals surface area contributed by atoms with E-state index in [2.05, 4.69) is 13.2 Å². The number of para-hydroxylation sites is 2. The van der Waals surface area contributed by atoms with Gasteiger partial charge in [-0.1, -0.05) is 63.4 Å². The molecule has 2 rings (SSSR count). The summed E-state index contributed by atoms with van der Waals surface area (Å²) in [5.74, 6) is -0.132. The zero-order chi connectivity index (χ0) is 25.8. The molecule has 35 heavy (non-hydrogen) atoms. The Morgan fingerprint density at radius 2 is 1.14 bits per heavy atom. The van der Waals surface area contributed by atoms with E-state index < -0.39 is 29.6 Å². The van der Waals surface area contributed by atoms with Crippen LogP contribution in [0.2, 0.25) is 0 Å². The van der Waals surface area contributed by atoms with Crippen LogP contribution in [0.4, 0.5) is 0 Å². The average Bonchev–Trinajstić information content (AvgIpc) is 2.87. The number of carbonyl (C=O) groups is 2. The number of carbonyl (C=O) groups excluding carboxylic acids is 2. The van der Waals surface area contributed by atoms with Crippen LogP contribution >= 0.6 is 0 Å². The molecule has 0 radical (unpaired) electrons. The maximum absolute atomic E-state index is 11.2. The van der Waals surface area contributed by atoms with Crippen molar-refractivity contribution in [2.75, 3.05) is 26.4 Å². The minimum atomic E-state index is -1.01. The summed E-state index contributed by atoms with van der Waals surface area (Å²) in [6, 6.07) is 14.8. The highest BCUT2D eigenvalue weighted by atomic mass is 16.6. The number of hydrogen-bond acceptors (Lipinski definition) is 8. The largest absolute Gasteiger partial charge is 0.490 e. The molecular formula is C27H32O8. The molecule has 2 unspecified atom stereocenters. The van der Waals surface area contributed by atoms with Gasteiger partial charge in [0.1, 0.15) is 50.1 Å². The summed E-state index contributed by atoms with van der Waals surface area (Å²) in [5, 5.41) is 20.2. The Labute approximate surface area is 205 Å². The van der Waals surface area contributed by atoms with Gasteiger partial charge >= 0.3 is 11.9 Å². The van der Waals surface area contributed by atoms with Crippen LogP contribution < -0.4 is 9.47 Å². The van der Waals surface area contributed by atoms with E-state index in [0.29, 0.717) is 11.5 Å². The van der Waals surface area contributed by atoms with Crippen LogP contribution in [0, 0.1) is 0 Å². The van der Waals surface area contributed by atoms with E-state index in [1.54, 1.807) is 12.1 Å². The van der Waals surface area contributed by atoms with E-state index in [4.69, 9.17) is 18.9 Å². The fourth-order valence-electron chi connectivity index (χ4n) is 3.31. The third kappa shape index (κ3) is 8.27. The van der Waals surface area contributed by atoms with E-state index in [9.17, 15) is 19.8 Å². The molecule has 2 N–H and O–H groups in total. The quantitative estimate of drug-likeness (QED) is 0.311. The third-order valence-electron chi connectivity index (χ3n) is 5.15. The Kier molecular flexibility index (Phi) is 10.5. The number of ether oxygens (including phenoxy) is 4. The second-order valence-corrected chi connectivity index (χ2v) is 8.22. The molecule has 0 saturated carbocycles. The van der Waals surface area contributed by atoms with Crippen LogP contribution in [-0.4, -0.2) is 60.8 Å². The van der Waals surface area contributed by atoms with Crippen LogP contribution in [0.5, 0.6) is 11.5 Å². The fourth-order valence-corrected chi connectivity index (χ4v) is 3.31. The summed E-state index contributed by atoms with van der Waals surface area (Å²) in [4.78, 5) is 22.4. The predicted octanol–water partition coefficient (Wildman–Crippen LogP) is 2.95. The van der Waals surface area contributed by atoms with E-state index >= 15 is 0 Å². The maximum atomic E-state index is 11.2. The summed E-state index contributed by atoms with van der Waals surface area (Å²) in [5.41, 5.74) is 1.09. The normalized spacial score (nSPS) is 12.7. The van der Waals surface area contributed by atoms with E-state index in [-0.39, 0.29) is 26.4 Å². The Morgan fingerprint density at radius 3 is 1.51 bits per heavy atom. The first kappa shape index (κ1) is 27.6. The molecular weight excluding hydrogens is 452 g/mol. The van der Waals surface area contributed by atoms with Crippen LogP contribution in [0.15, 0.2) is 73.8 Å². The van der Waals surface area contributed by atoms with E-state index in [1.165, 1.54) is 0 Å². The van der Waals surface area contributed by atoms with Crippen LogP contribution in [0.1, 0.15) is 25.0 Å². The second kappa shape index (κ2) is 13.3. The number of rotatable bonds is 14. The Balaban J connectivity index is 2.15. The summed E-state index contributed by atoms with van der Waals surface area (Å²) in [6.45, 7) is 10.1. The lowest BCUT2D eigenvalue weighted by Crippen LogP contribution is -2.27. The minimum absolute atomic E-state index is 0.0781. The van der Waals surface area contributed by atoms with Gasteiger partial charge in [-0.25, -0.2) is 9.59 Å². The summed E-state index contributed by atoms with van der Waals surface area (Å²) in [7, 11) is 0. The van der Waals surface area contributed by atoms with Crippen molar-refractivity contribution >= 4 is 11.9 Å². The Bertz CT molecular complexity index is 934. The number of hydrogen-bond donors (Lipinski definition) is 2. The van der Waals surface area contributed by atoms with Crippen molar-refractivity contribution in [3.8, 4) is 11.5 Å². The molecule has 2 aromatic carbocycles. The molecule has 0 fully saturated rings. The molecule has 0 bridgehead atoms. The zero-order valence-electron chi connectivity index (χ0n) is 20.0. The predicted molar refractivity (Wildman–Crippen MR) is 130 cm³/mol. The molecule has 0 aliphatic rings. The van der Waals surface area contributed by atoms with E-state index in [0.717, 1.165) is 23.3 Å². The highest BCUT2D eigenvalue weighted by Gasteiger charge is 2.30. The molecule has 0 amide bonds. The van der Waals surface area contributed by atoms with Crippen molar-refractivity contribution in [3.63, 3.8) is 0 Å². The lowest BCUT2D eigenvalue weighted by molar-refractivity contribution is -0.142. The molecule has 0 saturated heterocycles. The lowest BCUT2D eigenvalue weighted by Gasteiger charge is -2.30. The van der Waals surface area contributed by atoms with Gasteiger partial charge in [-0.3, -0.25) is 0 Å². The zero-order valence-corrected chi connectivity index (χ0v) is 20.0. The SMILES string of the molecule is C=CC(=O)OCC(O)COc1ccccc1C(C)(C)c1ccccc1OCC(O)COC(=O)C=C. The fraction of sp³-hybridized carbons (Fsp3) is 0.333. The monoisotopic (exact) mass is 484 g/mol. The molecule has 0 aromatic heterocycles. The van der Waals surface area contributed by atoms with Crippen molar-refractivity contribution in [1.29, 1.82) is 0 Å². The topological polar surface area (TPSA) is 112 Å². The molecule has 0 spiro atoms. The lowest BCUT2D eigenvalue weighted by atomic mass is 9.77. The van der Waals surface area contributed by atoms with Crippen LogP contribution in [0.25, 0.3) is 0 Å². The summed E-state index contributed by atoms with van der Waals surface area (Å²) in [6.07, 6.45) is 0.0277. The molecule has 8 nitrogen and oxygen atoms in total. The third-order valence-corrected chi connectivity index (χ3v) is 5.15.